The average molecular weight is 566 g/mol. The SMILES string of the molecule is COCCNC(=O)c1ccc2c(=O)n(Cc3ccc(Cl)cc3)c(SCc3cc(C(C)=O)ccc3OC)nc2c1. The second-order valence-electron chi connectivity index (χ2n) is 8.76. The molecule has 4 rings (SSSR count). The second kappa shape index (κ2) is 12.9. The number of nitrogens with one attached hydrogen (secondary N) is 1. The zero-order valence-electron chi connectivity index (χ0n) is 21.8. The van der Waals surface area contributed by atoms with Crippen molar-refractivity contribution < 1.29 is 19.1 Å². The summed E-state index contributed by atoms with van der Waals surface area (Å²) in [5, 5.41) is 4.25. The summed E-state index contributed by atoms with van der Waals surface area (Å²) in [4.78, 5) is 43.1. The predicted molar refractivity (Wildman–Crippen MR) is 153 cm³/mol. The number of halogens is 1. The van der Waals surface area contributed by atoms with Crippen molar-refractivity contribution in [2.45, 2.75) is 24.4 Å². The molecule has 0 bridgehead atoms. The van der Waals surface area contributed by atoms with E-state index in [0.29, 0.717) is 56.9 Å². The van der Waals surface area contributed by atoms with Gasteiger partial charge in [-0.2, -0.15) is 0 Å². The third-order valence-electron chi connectivity index (χ3n) is 6.07. The number of carbonyl (C=O) groups excluding carboxylic acids is 2. The molecule has 0 aliphatic carbocycles. The molecular formula is C29H28ClN3O5S. The fourth-order valence-electron chi connectivity index (χ4n) is 3.99. The van der Waals surface area contributed by atoms with Gasteiger partial charge in [-0.05, 0) is 61.0 Å². The van der Waals surface area contributed by atoms with Crippen molar-refractivity contribution in [3.63, 3.8) is 0 Å². The first-order valence-electron chi connectivity index (χ1n) is 12.2. The van der Waals surface area contributed by atoms with Gasteiger partial charge in [0.05, 0.1) is 31.2 Å². The number of carbonyl (C=O) groups is 2. The quantitative estimate of drug-likeness (QED) is 0.118. The van der Waals surface area contributed by atoms with E-state index in [1.807, 2.05) is 12.1 Å². The van der Waals surface area contributed by atoms with Crippen LogP contribution in [0.15, 0.2) is 70.6 Å². The maximum Gasteiger partial charge on any atom is 0.262 e. The molecule has 0 fully saturated rings. The van der Waals surface area contributed by atoms with Crippen molar-refractivity contribution in [1.29, 1.82) is 0 Å². The number of benzene rings is 3. The number of fused-ring (bicyclic) bond motifs is 1. The number of nitrogens with zero attached hydrogens (tertiary/aromatic N) is 2. The Morgan fingerprint density at radius 2 is 1.77 bits per heavy atom. The lowest BCUT2D eigenvalue weighted by Gasteiger charge is -2.15. The Kier molecular flexibility index (Phi) is 9.40. The Labute approximate surface area is 235 Å². The van der Waals surface area contributed by atoms with Crippen molar-refractivity contribution in [2.75, 3.05) is 27.4 Å². The van der Waals surface area contributed by atoms with Crippen LogP contribution in [0.5, 0.6) is 5.75 Å². The predicted octanol–water partition coefficient (Wildman–Crippen LogP) is 4.98. The zero-order chi connectivity index (χ0) is 27.9. The molecule has 3 aromatic carbocycles. The number of rotatable bonds is 11. The van der Waals surface area contributed by atoms with Crippen LogP contribution < -0.4 is 15.6 Å². The van der Waals surface area contributed by atoms with Crippen molar-refractivity contribution in [1.82, 2.24) is 14.9 Å². The molecule has 1 heterocycles. The standard InChI is InChI=1S/C29H28ClN3O5S/c1-18(34)20-7-11-26(38-3)22(14-20)17-39-29-32-25-15-21(27(35)31-12-13-37-2)6-10-24(25)28(36)33(29)16-19-4-8-23(30)9-5-19/h4-11,14-15H,12-13,16-17H2,1-3H3,(H,31,35). The van der Waals surface area contributed by atoms with Gasteiger partial charge in [-0.1, -0.05) is 35.5 Å². The number of hydrogen-bond acceptors (Lipinski definition) is 7. The number of ketones is 1. The van der Waals surface area contributed by atoms with E-state index in [4.69, 9.17) is 26.1 Å². The summed E-state index contributed by atoms with van der Waals surface area (Å²) in [5.74, 6) is 0.708. The summed E-state index contributed by atoms with van der Waals surface area (Å²) in [7, 11) is 3.13. The molecular weight excluding hydrogens is 538 g/mol. The first-order valence-corrected chi connectivity index (χ1v) is 13.5. The Hall–Kier alpha value is -3.66. The van der Waals surface area contributed by atoms with E-state index in [9.17, 15) is 14.4 Å². The molecule has 0 spiro atoms. The van der Waals surface area contributed by atoms with Crippen LogP contribution in [0.4, 0.5) is 0 Å². The Morgan fingerprint density at radius 1 is 1.03 bits per heavy atom. The van der Waals surface area contributed by atoms with Crippen LogP contribution >= 0.6 is 23.4 Å². The molecule has 0 atom stereocenters. The maximum atomic E-state index is 13.7. The van der Waals surface area contributed by atoms with Crippen LogP contribution in [0.25, 0.3) is 10.9 Å². The van der Waals surface area contributed by atoms with Gasteiger partial charge in [-0.25, -0.2) is 4.98 Å². The van der Waals surface area contributed by atoms with E-state index in [0.717, 1.165) is 11.1 Å². The van der Waals surface area contributed by atoms with E-state index < -0.39 is 0 Å². The molecule has 0 aliphatic heterocycles. The maximum absolute atomic E-state index is 13.7. The van der Waals surface area contributed by atoms with Gasteiger partial charge in [0.1, 0.15) is 5.75 Å². The van der Waals surface area contributed by atoms with Crippen LogP contribution in [0.1, 0.15) is 38.8 Å². The van der Waals surface area contributed by atoms with Gasteiger partial charge in [-0.3, -0.25) is 19.0 Å². The largest absolute Gasteiger partial charge is 0.496 e. The highest BCUT2D eigenvalue weighted by Gasteiger charge is 2.16. The minimum atomic E-state index is -0.277. The summed E-state index contributed by atoms with van der Waals surface area (Å²) in [6.07, 6.45) is 0. The summed E-state index contributed by atoms with van der Waals surface area (Å²) in [5.41, 5.74) is 2.84. The average Bonchev–Trinajstić information content (AvgIpc) is 2.94. The van der Waals surface area contributed by atoms with Crippen LogP contribution in [0.2, 0.25) is 5.02 Å². The van der Waals surface area contributed by atoms with Crippen molar-refractivity contribution in [3.8, 4) is 5.75 Å². The molecule has 0 aliphatic rings. The lowest BCUT2D eigenvalue weighted by atomic mass is 10.1. The summed E-state index contributed by atoms with van der Waals surface area (Å²) in [6, 6.07) is 17.4. The van der Waals surface area contributed by atoms with Crippen LogP contribution in [0, 0.1) is 0 Å². The number of amides is 1. The Balaban J connectivity index is 1.75. The van der Waals surface area contributed by atoms with Gasteiger partial charge in [0.15, 0.2) is 10.9 Å². The number of ether oxygens (including phenoxy) is 2. The lowest BCUT2D eigenvalue weighted by molar-refractivity contribution is 0.0936. The monoisotopic (exact) mass is 565 g/mol. The number of Topliss-reactive ketones (excluding diaryl/α,β-unsaturated/α-hetero) is 1. The minimum Gasteiger partial charge on any atom is -0.496 e. The lowest BCUT2D eigenvalue weighted by Crippen LogP contribution is -2.27. The molecule has 8 nitrogen and oxygen atoms in total. The normalized spacial score (nSPS) is 11.0. The molecule has 202 valence electrons. The molecule has 10 heteroatoms. The van der Waals surface area contributed by atoms with E-state index in [1.165, 1.54) is 18.7 Å². The highest BCUT2D eigenvalue weighted by atomic mass is 35.5. The second-order valence-corrected chi connectivity index (χ2v) is 10.1. The molecule has 1 N–H and O–H groups in total. The molecule has 4 aromatic rings. The van der Waals surface area contributed by atoms with E-state index in [-0.39, 0.29) is 23.8 Å². The van der Waals surface area contributed by atoms with Crippen molar-refractivity contribution in [3.05, 3.63) is 98.3 Å². The first-order chi connectivity index (χ1) is 18.8. The molecule has 1 amide bonds. The molecule has 0 radical (unpaired) electrons. The zero-order valence-corrected chi connectivity index (χ0v) is 23.4. The molecule has 39 heavy (non-hydrogen) atoms. The third-order valence-corrected chi connectivity index (χ3v) is 7.35. The smallest absolute Gasteiger partial charge is 0.262 e. The third kappa shape index (κ3) is 6.86. The molecule has 0 unspecified atom stereocenters. The van der Waals surface area contributed by atoms with Crippen LogP contribution in [-0.4, -0.2) is 48.6 Å². The summed E-state index contributed by atoms with van der Waals surface area (Å²) in [6.45, 7) is 2.55. The van der Waals surface area contributed by atoms with E-state index >= 15 is 0 Å². The molecule has 1 aromatic heterocycles. The molecule has 0 saturated heterocycles. The fraction of sp³-hybridized carbons (Fsp3) is 0.241. The topological polar surface area (TPSA) is 99.5 Å². The number of aromatic nitrogens is 2. The summed E-state index contributed by atoms with van der Waals surface area (Å²) >= 11 is 7.41. The van der Waals surface area contributed by atoms with Gasteiger partial charge in [0.2, 0.25) is 0 Å². The van der Waals surface area contributed by atoms with E-state index in [1.54, 1.807) is 67.3 Å². The summed E-state index contributed by atoms with van der Waals surface area (Å²) < 4.78 is 12.1. The Morgan fingerprint density at radius 3 is 2.46 bits per heavy atom. The van der Waals surface area contributed by atoms with Gasteiger partial charge < -0.3 is 14.8 Å². The van der Waals surface area contributed by atoms with Gasteiger partial charge in [0, 0.05) is 41.1 Å². The van der Waals surface area contributed by atoms with Crippen molar-refractivity contribution in [2.24, 2.45) is 0 Å². The number of thioether (sulfide) groups is 1. The Bertz CT molecular complexity index is 1570. The fourth-order valence-corrected chi connectivity index (χ4v) is 5.09. The highest BCUT2D eigenvalue weighted by Crippen LogP contribution is 2.29. The first kappa shape index (κ1) is 28.4. The molecule has 0 saturated carbocycles. The van der Waals surface area contributed by atoms with Crippen molar-refractivity contribution >= 4 is 46.0 Å². The number of methoxy groups -OCH3 is 2. The van der Waals surface area contributed by atoms with Gasteiger partial charge >= 0.3 is 0 Å². The van der Waals surface area contributed by atoms with Gasteiger partial charge in [-0.15, -0.1) is 0 Å². The highest BCUT2D eigenvalue weighted by molar-refractivity contribution is 7.98. The van der Waals surface area contributed by atoms with Crippen LogP contribution in [0.3, 0.4) is 0 Å². The number of hydrogen-bond donors (Lipinski definition) is 1. The van der Waals surface area contributed by atoms with E-state index in [2.05, 4.69) is 5.32 Å². The minimum absolute atomic E-state index is 0.0521. The van der Waals surface area contributed by atoms with Gasteiger partial charge in [0.25, 0.3) is 11.5 Å². The van der Waals surface area contributed by atoms with Crippen LogP contribution in [-0.2, 0) is 17.0 Å².